The van der Waals surface area contributed by atoms with Gasteiger partial charge in [-0.3, -0.25) is 0 Å². The van der Waals surface area contributed by atoms with Crippen LogP contribution in [0.15, 0.2) is 11.0 Å². The number of thioether (sulfide) groups is 1. The summed E-state index contributed by atoms with van der Waals surface area (Å²) >= 11 is 1.47. The predicted octanol–water partition coefficient (Wildman–Crippen LogP) is 1.15. The highest BCUT2D eigenvalue weighted by molar-refractivity contribution is 8.02. The van der Waals surface area contributed by atoms with Crippen molar-refractivity contribution >= 4 is 17.7 Å². The maximum absolute atomic E-state index is 10.7. The minimum atomic E-state index is -0.456. The van der Waals surface area contributed by atoms with Gasteiger partial charge in [-0.05, 0) is 13.2 Å². The zero-order valence-corrected chi connectivity index (χ0v) is 7.31. The molecule has 0 saturated carbocycles. The van der Waals surface area contributed by atoms with Gasteiger partial charge in [0.1, 0.15) is 0 Å². The summed E-state index contributed by atoms with van der Waals surface area (Å²) in [5, 5.41) is 0. The largest absolute Gasteiger partial charge is 0.427 e. The molecule has 0 radical (unpaired) electrons. The van der Waals surface area contributed by atoms with Crippen molar-refractivity contribution in [1.29, 1.82) is 0 Å². The zero-order chi connectivity index (χ0) is 8.27. The second-order valence-corrected chi connectivity index (χ2v) is 2.85. The van der Waals surface area contributed by atoms with Gasteiger partial charge >= 0.3 is 5.97 Å². The van der Waals surface area contributed by atoms with Crippen LogP contribution in [0.2, 0.25) is 0 Å². The molecule has 1 heterocycles. The van der Waals surface area contributed by atoms with Gasteiger partial charge in [-0.15, -0.1) is 11.8 Å². The Morgan fingerprint density at radius 3 is 3.09 bits per heavy atom. The van der Waals surface area contributed by atoms with Crippen LogP contribution in [0.5, 0.6) is 0 Å². The molecule has 0 aromatic heterocycles. The van der Waals surface area contributed by atoms with E-state index in [2.05, 4.69) is 0 Å². The van der Waals surface area contributed by atoms with Gasteiger partial charge < -0.3 is 9.47 Å². The summed E-state index contributed by atoms with van der Waals surface area (Å²) in [6, 6.07) is 0. The van der Waals surface area contributed by atoms with Crippen LogP contribution in [0.25, 0.3) is 0 Å². The topological polar surface area (TPSA) is 35.5 Å². The van der Waals surface area contributed by atoms with Gasteiger partial charge in [-0.25, -0.2) is 4.79 Å². The minimum absolute atomic E-state index is 0.312. The Labute approximate surface area is 69.7 Å². The van der Waals surface area contributed by atoms with Gasteiger partial charge in [0.15, 0.2) is 0 Å². The van der Waals surface area contributed by atoms with E-state index in [1.165, 1.54) is 17.8 Å². The van der Waals surface area contributed by atoms with Crippen molar-refractivity contribution in [1.82, 2.24) is 0 Å². The predicted molar refractivity (Wildman–Crippen MR) is 43.1 cm³/mol. The first-order valence-corrected chi connectivity index (χ1v) is 4.58. The molecular weight excluding hydrogens is 164 g/mol. The first-order valence-electron chi connectivity index (χ1n) is 3.35. The van der Waals surface area contributed by atoms with E-state index in [-0.39, 0.29) is 5.97 Å². The van der Waals surface area contributed by atoms with Gasteiger partial charge in [0.25, 0.3) is 0 Å². The molecule has 0 aliphatic carbocycles. The van der Waals surface area contributed by atoms with Crippen molar-refractivity contribution in [3.05, 3.63) is 11.0 Å². The van der Waals surface area contributed by atoms with Crippen LogP contribution in [0, 0.1) is 0 Å². The summed E-state index contributed by atoms with van der Waals surface area (Å²) < 4.78 is 9.98. The molecule has 0 bridgehead atoms. The molecule has 3 nitrogen and oxygen atoms in total. The molecule has 0 fully saturated rings. The summed E-state index contributed by atoms with van der Waals surface area (Å²) in [5.74, 6) is -0.312. The van der Waals surface area contributed by atoms with E-state index in [4.69, 9.17) is 9.47 Å². The second kappa shape index (κ2) is 3.78. The molecule has 1 rings (SSSR count). The fourth-order valence-corrected chi connectivity index (χ4v) is 1.33. The molecule has 0 N–H and O–H groups in total. The van der Waals surface area contributed by atoms with E-state index in [0.29, 0.717) is 6.61 Å². The maximum Gasteiger partial charge on any atom is 0.334 e. The summed E-state index contributed by atoms with van der Waals surface area (Å²) in [4.78, 5) is 11.5. The lowest BCUT2D eigenvalue weighted by Gasteiger charge is -2.11. The van der Waals surface area contributed by atoms with Crippen molar-refractivity contribution in [3.63, 3.8) is 0 Å². The molecule has 1 unspecified atom stereocenters. The molecule has 0 aromatic rings. The highest BCUT2D eigenvalue weighted by Gasteiger charge is 2.25. The third-order valence-corrected chi connectivity index (χ3v) is 2.05. The van der Waals surface area contributed by atoms with E-state index < -0.39 is 6.29 Å². The number of cyclic esters (lactones) is 1. The number of carbonyl (C=O) groups excluding carboxylic acids is 1. The average molecular weight is 174 g/mol. The molecule has 0 spiro atoms. The van der Waals surface area contributed by atoms with E-state index >= 15 is 0 Å². The number of carbonyl (C=O) groups is 1. The number of esters is 1. The smallest absolute Gasteiger partial charge is 0.334 e. The fraction of sp³-hybridized carbons (Fsp3) is 0.571. The Bertz CT molecular complexity index is 188. The molecule has 1 aliphatic rings. The summed E-state index contributed by atoms with van der Waals surface area (Å²) in [5.41, 5.74) is 0. The summed E-state index contributed by atoms with van der Waals surface area (Å²) in [6.45, 7) is 2.42. The van der Waals surface area contributed by atoms with Crippen LogP contribution in [0.4, 0.5) is 0 Å². The Balaban J connectivity index is 2.56. The Kier molecular flexibility index (Phi) is 2.96. The van der Waals surface area contributed by atoms with Crippen molar-refractivity contribution < 1.29 is 14.3 Å². The molecule has 0 amide bonds. The molecule has 0 saturated heterocycles. The van der Waals surface area contributed by atoms with Crippen molar-refractivity contribution in [3.8, 4) is 0 Å². The number of hydrogen-bond donors (Lipinski definition) is 0. The molecule has 1 aliphatic heterocycles. The standard InChI is InChI=1S/C7H10O3S/c1-3-9-7-5(11-2)4-6(8)10-7/h4,7H,3H2,1-2H3. The molecule has 4 heteroatoms. The van der Waals surface area contributed by atoms with E-state index in [0.717, 1.165) is 4.91 Å². The van der Waals surface area contributed by atoms with Crippen LogP contribution in [-0.4, -0.2) is 25.1 Å². The van der Waals surface area contributed by atoms with Crippen LogP contribution in [-0.2, 0) is 14.3 Å². The third-order valence-electron chi connectivity index (χ3n) is 1.27. The lowest BCUT2D eigenvalue weighted by molar-refractivity contribution is -0.157. The lowest BCUT2D eigenvalue weighted by atomic mass is 10.5. The average Bonchev–Trinajstić information content (AvgIpc) is 2.32. The first-order chi connectivity index (χ1) is 5.27. The maximum atomic E-state index is 10.7. The second-order valence-electron chi connectivity index (χ2n) is 1.97. The van der Waals surface area contributed by atoms with E-state index in [9.17, 15) is 4.79 Å². The van der Waals surface area contributed by atoms with Crippen LogP contribution < -0.4 is 0 Å². The quantitative estimate of drug-likeness (QED) is 0.601. The molecule has 0 aromatic carbocycles. The van der Waals surface area contributed by atoms with Gasteiger partial charge in [0.2, 0.25) is 6.29 Å². The van der Waals surface area contributed by atoms with Crippen LogP contribution in [0.3, 0.4) is 0 Å². The Hall–Kier alpha value is -0.480. The highest BCUT2D eigenvalue weighted by atomic mass is 32.2. The third kappa shape index (κ3) is 1.97. The summed E-state index contributed by atoms with van der Waals surface area (Å²) in [6.07, 6.45) is 2.90. The Morgan fingerprint density at radius 1 is 1.82 bits per heavy atom. The number of ether oxygens (including phenoxy) is 2. The SMILES string of the molecule is CCOC1OC(=O)C=C1SC. The van der Waals surface area contributed by atoms with Crippen LogP contribution >= 0.6 is 11.8 Å². The highest BCUT2D eigenvalue weighted by Crippen LogP contribution is 2.25. The van der Waals surface area contributed by atoms with E-state index in [1.54, 1.807) is 0 Å². The molecule has 1 atom stereocenters. The lowest BCUT2D eigenvalue weighted by Crippen LogP contribution is -2.14. The first kappa shape index (κ1) is 8.62. The normalized spacial score (nSPS) is 23.3. The van der Waals surface area contributed by atoms with Crippen molar-refractivity contribution in [2.45, 2.75) is 13.2 Å². The molecule has 11 heavy (non-hydrogen) atoms. The van der Waals surface area contributed by atoms with Gasteiger partial charge in [-0.1, -0.05) is 0 Å². The van der Waals surface area contributed by atoms with Gasteiger partial charge in [0, 0.05) is 12.7 Å². The zero-order valence-electron chi connectivity index (χ0n) is 6.49. The van der Waals surface area contributed by atoms with Crippen LogP contribution in [0.1, 0.15) is 6.92 Å². The monoisotopic (exact) mass is 174 g/mol. The van der Waals surface area contributed by atoms with Gasteiger partial charge in [0.05, 0.1) is 4.91 Å². The Morgan fingerprint density at radius 2 is 2.55 bits per heavy atom. The van der Waals surface area contributed by atoms with Crippen molar-refractivity contribution in [2.24, 2.45) is 0 Å². The van der Waals surface area contributed by atoms with Crippen molar-refractivity contribution in [2.75, 3.05) is 12.9 Å². The molecule has 62 valence electrons. The molecular formula is C7H10O3S. The van der Waals surface area contributed by atoms with Gasteiger partial charge in [-0.2, -0.15) is 0 Å². The van der Waals surface area contributed by atoms with E-state index in [1.807, 2.05) is 13.2 Å². The fourth-order valence-electron chi connectivity index (χ4n) is 0.804. The summed E-state index contributed by atoms with van der Waals surface area (Å²) in [7, 11) is 0. The number of hydrogen-bond acceptors (Lipinski definition) is 4. The minimum Gasteiger partial charge on any atom is -0.427 e. The number of rotatable bonds is 3.